The number of hydrogen-bond donors (Lipinski definition) is 2. The summed E-state index contributed by atoms with van der Waals surface area (Å²) in [5.41, 5.74) is 22.2. The van der Waals surface area contributed by atoms with Crippen LogP contribution >= 0.6 is 15.9 Å². The van der Waals surface area contributed by atoms with Crippen LogP contribution in [0.4, 0.5) is 0 Å². The second-order valence-electron chi connectivity index (χ2n) is 31.5. The Balaban J connectivity index is 0.000000117. The molecule has 22 aromatic rings. The van der Waals surface area contributed by atoms with Crippen LogP contribution in [0.5, 0.6) is 0 Å². The third kappa shape index (κ3) is 9.88. The predicted molar refractivity (Wildman–Crippen MR) is 478 cm³/mol. The summed E-state index contributed by atoms with van der Waals surface area (Å²) in [6.07, 6.45) is 0. The third-order valence-corrected chi connectivity index (χ3v) is 25.7. The summed E-state index contributed by atoms with van der Waals surface area (Å²) in [6, 6.07) is 123. The first kappa shape index (κ1) is 66.1. The van der Waals surface area contributed by atoms with Gasteiger partial charge in [0.2, 0.25) is 0 Å². The molecule has 0 radical (unpaired) electrons. The Morgan fingerprint density at radius 2 is 0.482 bits per heavy atom. The maximum absolute atomic E-state index is 9.12. The van der Waals surface area contributed by atoms with Gasteiger partial charge >= 0.3 is 7.12 Å². The Morgan fingerprint density at radius 3 is 0.848 bits per heavy atom. The topological polar surface area (TPSA) is 66.7 Å². The largest absolute Gasteiger partial charge is 0.488 e. The van der Waals surface area contributed by atoms with Gasteiger partial charge in [-0.15, -0.1) is 0 Å². The summed E-state index contributed by atoms with van der Waals surface area (Å²) in [5, 5.41) is 48.4. The fourth-order valence-corrected chi connectivity index (χ4v) is 20.2. The van der Waals surface area contributed by atoms with E-state index in [4.69, 9.17) is 18.9 Å². The lowest BCUT2D eigenvalue weighted by Gasteiger charge is -2.23. The number of halogens is 1. The average molecular weight is 1500 g/mol. The molecule has 0 unspecified atom stereocenters. The monoisotopic (exact) mass is 1500 g/mol. The van der Waals surface area contributed by atoms with Gasteiger partial charge in [-0.05, 0) is 274 Å². The Bertz CT molecular complexity index is 7710. The Kier molecular flexibility index (Phi) is 14.8. The minimum Gasteiger partial charge on any atom is -0.456 e. The molecule has 2 aliphatic rings. The van der Waals surface area contributed by atoms with Crippen molar-refractivity contribution >= 4 is 180 Å². The van der Waals surface area contributed by atoms with Crippen molar-refractivity contribution in [1.29, 1.82) is 0 Å². The Hall–Kier alpha value is -12.9. The fraction of sp³-hybridized carbons (Fsp3) is 0.0566. The zero-order chi connectivity index (χ0) is 75.0. The average Bonchev–Trinajstić information content (AvgIpc) is 1.55. The third-order valence-electron chi connectivity index (χ3n) is 24.8. The maximum Gasteiger partial charge on any atom is 0.488 e. The molecule has 0 amide bonds. The molecule has 24 rings (SSSR count). The minimum absolute atomic E-state index is 0.122. The van der Waals surface area contributed by atoms with Gasteiger partial charge in [-0.25, -0.2) is 0 Å². The molecule has 0 saturated carbocycles. The van der Waals surface area contributed by atoms with Crippen LogP contribution < -0.4 is 5.46 Å². The fourth-order valence-electron chi connectivity index (χ4n) is 19.5. The zero-order valence-corrected chi connectivity index (χ0v) is 63.6. The summed E-state index contributed by atoms with van der Waals surface area (Å²) in [6.45, 7) is 9.61. The van der Waals surface area contributed by atoms with Gasteiger partial charge in [-0.1, -0.05) is 301 Å². The quantitative estimate of drug-likeness (QED) is 0.105. The first-order chi connectivity index (χ1) is 54.8. The maximum atomic E-state index is 9.12. The van der Waals surface area contributed by atoms with Crippen LogP contribution in [0, 0.1) is 0 Å². The van der Waals surface area contributed by atoms with Crippen molar-refractivity contribution < 1.29 is 18.9 Å². The van der Waals surface area contributed by atoms with E-state index in [2.05, 4.69) is 335 Å². The molecule has 0 saturated heterocycles. The minimum atomic E-state index is -1.45. The molecule has 0 aliphatic heterocycles. The molecule has 2 aromatic heterocycles. The lowest BCUT2D eigenvalue weighted by atomic mass is 9.79. The summed E-state index contributed by atoms with van der Waals surface area (Å²) in [4.78, 5) is 0. The molecule has 4 nitrogen and oxygen atoms in total. The second kappa shape index (κ2) is 25.0. The SMILES string of the molecule is CC1(C)c2cc(-c3c4ccccc4c(-c4ccc5oc6ccccc6c5c4)c4ccccc34)ccc2-c2cc3c4ccccc4c4ccccc4c3cc21.CC1(C)c2cc(-c3c4ccccc4c(Br)c4ccccc34)ccc2-c2cc3c4ccccc4c4ccccc4c3cc21.OB(O)c1ccc2oc3ccccc3c2c1. The molecule has 6 heteroatoms. The van der Waals surface area contributed by atoms with Crippen LogP contribution in [0.2, 0.25) is 0 Å². The smallest absolute Gasteiger partial charge is 0.456 e. The van der Waals surface area contributed by atoms with Crippen molar-refractivity contribution in [2.24, 2.45) is 0 Å². The summed E-state index contributed by atoms with van der Waals surface area (Å²) < 4.78 is 13.0. The molecule has 0 spiro atoms. The Morgan fingerprint density at radius 1 is 0.223 bits per heavy atom. The molecule has 20 aromatic carbocycles. The Labute approximate surface area is 655 Å². The molecule has 2 aliphatic carbocycles. The molecule has 0 atom stereocenters. The lowest BCUT2D eigenvalue weighted by Crippen LogP contribution is -2.29. The van der Waals surface area contributed by atoms with Gasteiger partial charge in [-0.2, -0.15) is 0 Å². The van der Waals surface area contributed by atoms with Gasteiger partial charge in [0.1, 0.15) is 22.3 Å². The summed E-state index contributed by atoms with van der Waals surface area (Å²) >= 11 is 3.93. The summed E-state index contributed by atoms with van der Waals surface area (Å²) in [5.74, 6) is 0. The van der Waals surface area contributed by atoms with E-state index >= 15 is 0 Å². The standard InChI is InChI=1S/C53H34O.C41H27Br.C12H9BO3/c1-53(2)47-28-32(23-25-37(47)45-29-43-35-15-5-3-13-33(35)34-14-4-6-16-36(34)44(43)30-48(45)53)52-41-20-9-7-18-39(41)51(40-19-8-10-21-42(40)52)31-24-26-50-46(27-31)38-17-11-12-22-49(38)54-50;1-41(2)37-21-24(39-30-15-7-9-17-32(30)40(42)33-18-10-8-16-31(33)39)19-20-29(37)36-22-34-27-13-5-3-11-25(27)26-12-4-6-14-28(26)35(34)23-38(36)41;14-13(15)8-5-6-12-10(7-8)9-3-1-2-4-11(9)16-12/h3-30H,1-2H3;3-23H,1-2H3;1-7,14-15H. The molecule has 112 heavy (non-hydrogen) atoms. The van der Waals surface area contributed by atoms with E-state index in [0.717, 1.165) is 48.3 Å². The van der Waals surface area contributed by atoms with E-state index in [1.807, 2.05) is 30.3 Å². The number of furan rings is 2. The highest BCUT2D eigenvalue weighted by atomic mass is 79.9. The van der Waals surface area contributed by atoms with E-state index < -0.39 is 7.12 Å². The van der Waals surface area contributed by atoms with Gasteiger partial charge in [0, 0.05) is 36.8 Å². The van der Waals surface area contributed by atoms with Crippen molar-refractivity contribution in [1.82, 2.24) is 0 Å². The van der Waals surface area contributed by atoms with Gasteiger partial charge in [0.25, 0.3) is 0 Å². The zero-order valence-electron chi connectivity index (χ0n) is 62.0. The van der Waals surface area contributed by atoms with Crippen molar-refractivity contribution in [3.05, 3.63) is 366 Å². The van der Waals surface area contributed by atoms with E-state index in [1.54, 1.807) is 18.2 Å². The van der Waals surface area contributed by atoms with Crippen molar-refractivity contribution in [3.63, 3.8) is 0 Å². The number of para-hydroxylation sites is 2. The van der Waals surface area contributed by atoms with E-state index in [0.29, 0.717) is 5.46 Å². The van der Waals surface area contributed by atoms with Gasteiger partial charge in [0.05, 0.1) is 0 Å². The van der Waals surface area contributed by atoms with Gasteiger partial charge < -0.3 is 18.9 Å². The normalized spacial score (nSPS) is 13.3. The molecule has 2 N–H and O–H groups in total. The highest BCUT2D eigenvalue weighted by Crippen LogP contribution is 2.56. The van der Waals surface area contributed by atoms with Gasteiger partial charge in [0.15, 0.2) is 0 Å². The summed E-state index contributed by atoms with van der Waals surface area (Å²) in [7, 11) is -1.45. The van der Waals surface area contributed by atoms with E-state index in [-0.39, 0.29) is 10.8 Å². The lowest BCUT2D eigenvalue weighted by molar-refractivity contribution is 0.426. The number of hydrogen-bond acceptors (Lipinski definition) is 4. The van der Waals surface area contributed by atoms with Crippen molar-refractivity contribution in [2.45, 2.75) is 38.5 Å². The second-order valence-corrected chi connectivity index (χ2v) is 32.3. The first-order valence-corrected chi connectivity index (χ1v) is 39.4. The van der Waals surface area contributed by atoms with Crippen LogP contribution in [0.15, 0.2) is 353 Å². The number of rotatable bonds is 4. The van der Waals surface area contributed by atoms with Gasteiger partial charge in [-0.3, -0.25) is 0 Å². The number of benzene rings is 20. The van der Waals surface area contributed by atoms with Crippen molar-refractivity contribution in [3.8, 4) is 55.6 Å². The predicted octanol–water partition coefficient (Wildman–Crippen LogP) is 28.4. The first-order valence-electron chi connectivity index (χ1n) is 38.6. The molecule has 528 valence electrons. The van der Waals surface area contributed by atoms with E-state index in [9.17, 15) is 0 Å². The van der Waals surface area contributed by atoms with Crippen LogP contribution in [0.3, 0.4) is 0 Å². The molecule has 0 bridgehead atoms. The van der Waals surface area contributed by atoms with E-state index in [1.165, 1.54) is 186 Å². The van der Waals surface area contributed by atoms with Crippen LogP contribution in [-0.2, 0) is 10.8 Å². The highest BCUT2D eigenvalue weighted by molar-refractivity contribution is 9.10. The molecular formula is C106H70BBrO4. The van der Waals surface area contributed by atoms with Crippen molar-refractivity contribution in [2.75, 3.05) is 0 Å². The van der Waals surface area contributed by atoms with Crippen LogP contribution in [-0.4, -0.2) is 17.2 Å². The molecule has 2 heterocycles. The molecule has 0 fully saturated rings. The highest BCUT2D eigenvalue weighted by Gasteiger charge is 2.39. The molecular weight excluding hydrogens is 1430 g/mol. The van der Waals surface area contributed by atoms with Crippen LogP contribution in [0.1, 0.15) is 49.9 Å². The number of fused-ring (bicyclic) bond motifs is 28. The van der Waals surface area contributed by atoms with Crippen LogP contribution in [0.25, 0.3) is 207 Å².